The van der Waals surface area contributed by atoms with Gasteiger partial charge < -0.3 is 15.0 Å². The van der Waals surface area contributed by atoms with Gasteiger partial charge >= 0.3 is 0 Å². The number of sulfonamides is 1. The van der Waals surface area contributed by atoms with E-state index in [0.717, 1.165) is 69.0 Å². The number of hydrogen-bond donors (Lipinski definition) is 2. The summed E-state index contributed by atoms with van der Waals surface area (Å²) < 4.78 is 32.9. The number of benzene rings is 2. The van der Waals surface area contributed by atoms with Crippen LogP contribution in [0.5, 0.6) is 0 Å². The zero-order valence-corrected chi connectivity index (χ0v) is 19.8. The summed E-state index contributed by atoms with van der Waals surface area (Å²) in [4.78, 5) is 23.3. The lowest BCUT2D eigenvalue weighted by molar-refractivity contribution is 0.0332. The summed E-state index contributed by atoms with van der Waals surface area (Å²) in [5.74, 6) is 0.513. The summed E-state index contributed by atoms with van der Waals surface area (Å²) in [6.45, 7) is 4.99. The molecule has 3 heterocycles. The van der Waals surface area contributed by atoms with Crippen molar-refractivity contribution in [3.05, 3.63) is 53.9 Å². The number of nitrogens with one attached hydrogen (secondary N) is 2. The second-order valence-corrected chi connectivity index (χ2v) is 10.7. The van der Waals surface area contributed by atoms with Gasteiger partial charge in [0.15, 0.2) is 0 Å². The molecule has 1 aromatic heterocycles. The number of H-pyrrole nitrogens is 1. The molecule has 0 bridgehead atoms. The number of anilines is 1. The number of rotatable bonds is 6. The molecular formula is C24H29N5O4S. The first-order valence-corrected chi connectivity index (χ1v) is 13.1. The normalized spacial score (nSPS) is 18.2. The van der Waals surface area contributed by atoms with E-state index in [-0.39, 0.29) is 10.8 Å². The summed E-state index contributed by atoms with van der Waals surface area (Å²) in [5.41, 5.74) is 2.58. The first-order valence-electron chi connectivity index (χ1n) is 11.7. The number of fused-ring (bicyclic) bond motifs is 1. The number of amides is 1. The van der Waals surface area contributed by atoms with Crippen LogP contribution in [0.4, 0.5) is 5.69 Å². The molecule has 2 aromatic carbocycles. The summed E-state index contributed by atoms with van der Waals surface area (Å²) in [7, 11) is -3.60. The van der Waals surface area contributed by atoms with Crippen LogP contribution in [0.25, 0.3) is 11.0 Å². The lowest BCUT2D eigenvalue weighted by atomic mass is 10.2. The maximum Gasteiger partial charge on any atom is 0.255 e. The number of aromatic nitrogens is 2. The Kier molecular flexibility index (Phi) is 6.64. The Balaban J connectivity index is 1.30. The molecule has 1 amide bonds. The van der Waals surface area contributed by atoms with Gasteiger partial charge in [-0.3, -0.25) is 9.69 Å². The molecule has 10 heteroatoms. The van der Waals surface area contributed by atoms with E-state index in [9.17, 15) is 13.2 Å². The fourth-order valence-corrected chi connectivity index (χ4v) is 6.01. The highest BCUT2D eigenvalue weighted by molar-refractivity contribution is 7.89. The molecule has 2 fully saturated rings. The fourth-order valence-electron chi connectivity index (χ4n) is 4.44. The van der Waals surface area contributed by atoms with E-state index in [4.69, 9.17) is 4.74 Å². The van der Waals surface area contributed by atoms with Crippen LogP contribution in [-0.4, -0.2) is 72.9 Å². The lowest BCUT2D eigenvalue weighted by Gasteiger charge is -2.26. The minimum Gasteiger partial charge on any atom is -0.379 e. The quantitative estimate of drug-likeness (QED) is 0.558. The van der Waals surface area contributed by atoms with Crippen molar-refractivity contribution in [1.29, 1.82) is 0 Å². The second-order valence-electron chi connectivity index (χ2n) is 8.75. The molecule has 180 valence electrons. The first kappa shape index (κ1) is 23.0. The predicted octanol–water partition coefficient (Wildman–Crippen LogP) is 2.82. The van der Waals surface area contributed by atoms with Crippen molar-refractivity contribution >= 4 is 32.7 Å². The average Bonchev–Trinajstić information content (AvgIpc) is 3.26. The number of imidazole rings is 1. The van der Waals surface area contributed by atoms with Crippen LogP contribution in [0, 0.1) is 0 Å². The molecule has 0 unspecified atom stereocenters. The molecule has 2 aliphatic rings. The van der Waals surface area contributed by atoms with Gasteiger partial charge in [-0.25, -0.2) is 13.4 Å². The number of ether oxygens (including phenoxy) is 1. The molecule has 5 rings (SSSR count). The maximum atomic E-state index is 13.0. The minimum atomic E-state index is -3.60. The average molecular weight is 484 g/mol. The van der Waals surface area contributed by atoms with Gasteiger partial charge in [0.2, 0.25) is 10.0 Å². The molecule has 34 heavy (non-hydrogen) atoms. The topological polar surface area (TPSA) is 108 Å². The number of carbonyl (C=O) groups excluding carboxylic acids is 1. The molecule has 9 nitrogen and oxygen atoms in total. The highest BCUT2D eigenvalue weighted by Gasteiger charge is 2.26. The molecule has 2 saturated heterocycles. The van der Waals surface area contributed by atoms with E-state index in [1.807, 2.05) is 12.1 Å². The molecule has 2 N–H and O–H groups in total. The number of carbonyl (C=O) groups is 1. The third kappa shape index (κ3) is 5.00. The van der Waals surface area contributed by atoms with Crippen molar-refractivity contribution in [3.63, 3.8) is 0 Å². The molecule has 2 aliphatic heterocycles. The SMILES string of the molecule is O=C(Nc1ccc2nc(CN3CCOCC3)[nH]c2c1)c1cccc(S(=O)(=O)N2CCCCC2)c1. The molecule has 3 aromatic rings. The van der Waals surface area contributed by atoms with Crippen LogP contribution >= 0.6 is 0 Å². The van der Waals surface area contributed by atoms with Crippen molar-refractivity contribution in [2.75, 3.05) is 44.7 Å². The number of morpholine rings is 1. The minimum absolute atomic E-state index is 0.152. The zero-order valence-electron chi connectivity index (χ0n) is 19.0. The Morgan fingerprint density at radius 2 is 1.82 bits per heavy atom. The van der Waals surface area contributed by atoms with Crippen molar-refractivity contribution in [2.45, 2.75) is 30.7 Å². The van der Waals surface area contributed by atoms with Gasteiger partial charge in [0.05, 0.1) is 35.7 Å². The Morgan fingerprint density at radius 1 is 1.03 bits per heavy atom. The molecular weight excluding hydrogens is 454 g/mol. The number of aromatic amines is 1. The highest BCUT2D eigenvalue weighted by atomic mass is 32.2. The van der Waals surface area contributed by atoms with Crippen molar-refractivity contribution in [1.82, 2.24) is 19.2 Å². The molecule has 0 atom stereocenters. The number of hydrogen-bond acceptors (Lipinski definition) is 6. The van der Waals surface area contributed by atoms with E-state index in [1.54, 1.807) is 24.3 Å². The molecule has 0 spiro atoms. The summed E-state index contributed by atoms with van der Waals surface area (Å²) in [6.07, 6.45) is 2.77. The van der Waals surface area contributed by atoms with Crippen molar-refractivity contribution < 1.29 is 17.9 Å². The van der Waals surface area contributed by atoms with Gasteiger partial charge in [-0.05, 0) is 49.2 Å². The van der Waals surface area contributed by atoms with Gasteiger partial charge in [0.1, 0.15) is 5.82 Å². The van der Waals surface area contributed by atoms with Crippen molar-refractivity contribution in [2.24, 2.45) is 0 Å². The van der Waals surface area contributed by atoms with E-state index in [1.165, 1.54) is 10.4 Å². The van der Waals surface area contributed by atoms with Crippen molar-refractivity contribution in [3.8, 4) is 0 Å². The van der Waals surface area contributed by atoms with Gasteiger partial charge in [-0.15, -0.1) is 0 Å². The molecule has 0 aliphatic carbocycles. The Labute approximate surface area is 199 Å². The van der Waals surface area contributed by atoms with E-state index < -0.39 is 10.0 Å². The van der Waals surface area contributed by atoms with Gasteiger partial charge in [-0.2, -0.15) is 4.31 Å². The standard InChI is InChI=1S/C24H29N5O4S/c30-24(18-5-4-6-20(15-18)34(31,32)29-9-2-1-3-10-29)25-19-7-8-21-22(16-19)27-23(26-21)17-28-11-13-33-14-12-28/h4-8,15-16H,1-3,9-14,17H2,(H,25,30)(H,26,27). The van der Waals surface area contributed by atoms with E-state index >= 15 is 0 Å². The van der Waals surface area contributed by atoms with Gasteiger partial charge in [0.25, 0.3) is 5.91 Å². The van der Waals surface area contributed by atoms with Gasteiger partial charge in [0, 0.05) is 37.4 Å². The van der Waals surface area contributed by atoms with Gasteiger partial charge in [-0.1, -0.05) is 12.5 Å². The third-order valence-corrected chi connectivity index (χ3v) is 8.21. The first-order chi connectivity index (χ1) is 16.5. The monoisotopic (exact) mass is 483 g/mol. The Morgan fingerprint density at radius 3 is 2.62 bits per heavy atom. The third-order valence-electron chi connectivity index (χ3n) is 6.31. The maximum absolute atomic E-state index is 13.0. The van der Waals surface area contributed by atoms with E-state index in [2.05, 4.69) is 20.2 Å². The predicted molar refractivity (Wildman–Crippen MR) is 129 cm³/mol. The second kappa shape index (κ2) is 9.83. The summed E-state index contributed by atoms with van der Waals surface area (Å²) >= 11 is 0. The van der Waals surface area contributed by atoms with Crippen LogP contribution in [0.15, 0.2) is 47.4 Å². The van der Waals surface area contributed by atoms with Crippen LogP contribution < -0.4 is 5.32 Å². The zero-order chi connectivity index (χ0) is 23.5. The summed E-state index contributed by atoms with van der Waals surface area (Å²) in [5, 5.41) is 2.88. The van der Waals surface area contributed by atoms with E-state index in [0.29, 0.717) is 24.3 Å². The largest absolute Gasteiger partial charge is 0.379 e. The van der Waals surface area contributed by atoms with Crippen LogP contribution in [-0.2, 0) is 21.3 Å². The number of piperidine rings is 1. The van der Waals surface area contributed by atoms with Crippen LogP contribution in [0.3, 0.4) is 0 Å². The van der Waals surface area contributed by atoms with Crippen LogP contribution in [0.2, 0.25) is 0 Å². The lowest BCUT2D eigenvalue weighted by Crippen LogP contribution is -2.35. The fraction of sp³-hybridized carbons (Fsp3) is 0.417. The molecule has 0 radical (unpaired) electrons. The molecule has 0 saturated carbocycles. The smallest absolute Gasteiger partial charge is 0.255 e. The summed E-state index contributed by atoms with van der Waals surface area (Å²) in [6, 6.07) is 11.7. The Bertz CT molecular complexity index is 1280. The highest BCUT2D eigenvalue weighted by Crippen LogP contribution is 2.23. The Hall–Kier alpha value is -2.79. The number of nitrogens with zero attached hydrogens (tertiary/aromatic N) is 3. The van der Waals surface area contributed by atoms with Crippen LogP contribution in [0.1, 0.15) is 35.4 Å².